The van der Waals surface area contributed by atoms with Crippen LogP contribution in [-0.4, -0.2) is 12.9 Å². The van der Waals surface area contributed by atoms with Crippen LogP contribution in [0.4, 0.5) is 5.69 Å². The molecule has 0 amide bonds. The van der Waals surface area contributed by atoms with E-state index < -0.39 is 0 Å². The molecular formula is C16H17NOS. The third kappa shape index (κ3) is 2.71. The third-order valence-corrected chi connectivity index (χ3v) is 4.14. The zero-order chi connectivity index (χ0) is 13.1. The molecule has 0 saturated heterocycles. The van der Waals surface area contributed by atoms with Crippen molar-refractivity contribution in [1.82, 2.24) is 0 Å². The van der Waals surface area contributed by atoms with Crippen molar-refractivity contribution in [2.45, 2.75) is 17.9 Å². The molecule has 0 radical (unpaired) electrons. The van der Waals surface area contributed by atoms with Crippen LogP contribution in [0.5, 0.6) is 5.75 Å². The summed E-state index contributed by atoms with van der Waals surface area (Å²) in [6, 6.07) is 14.9. The molecular weight excluding hydrogens is 254 g/mol. The Morgan fingerprint density at radius 1 is 1.21 bits per heavy atom. The largest absolute Gasteiger partial charge is 0.493 e. The SMILES string of the molecule is CSc1ccccc1NCc1ccc2c(c1)CCO2. The van der Waals surface area contributed by atoms with Gasteiger partial charge >= 0.3 is 0 Å². The van der Waals surface area contributed by atoms with Crippen LogP contribution >= 0.6 is 11.8 Å². The van der Waals surface area contributed by atoms with Gasteiger partial charge in [-0.2, -0.15) is 0 Å². The monoisotopic (exact) mass is 271 g/mol. The van der Waals surface area contributed by atoms with Gasteiger partial charge < -0.3 is 10.1 Å². The minimum Gasteiger partial charge on any atom is -0.493 e. The first-order valence-corrected chi connectivity index (χ1v) is 7.71. The predicted molar refractivity (Wildman–Crippen MR) is 81.2 cm³/mol. The van der Waals surface area contributed by atoms with E-state index in [4.69, 9.17) is 4.74 Å². The van der Waals surface area contributed by atoms with Crippen LogP contribution in [0.25, 0.3) is 0 Å². The fourth-order valence-corrected chi connectivity index (χ4v) is 2.91. The summed E-state index contributed by atoms with van der Waals surface area (Å²) in [6.45, 7) is 1.67. The second-order valence-corrected chi connectivity index (χ2v) is 5.44. The van der Waals surface area contributed by atoms with Gasteiger partial charge in [-0.3, -0.25) is 0 Å². The highest BCUT2D eigenvalue weighted by Crippen LogP contribution is 2.28. The van der Waals surface area contributed by atoms with Crippen molar-refractivity contribution in [3.05, 3.63) is 53.6 Å². The number of nitrogens with one attached hydrogen (secondary N) is 1. The number of hydrogen-bond donors (Lipinski definition) is 1. The molecule has 3 heteroatoms. The van der Waals surface area contributed by atoms with Gasteiger partial charge in [0.2, 0.25) is 0 Å². The maximum Gasteiger partial charge on any atom is 0.122 e. The van der Waals surface area contributed by atoms with Crippen molar-refractivity contribution >= 4 is 17.4 Å². The average molecular weight is 271 g/mol. The van der Waals surface area contributed by atoms with E-state index in [0.717, 1.165) is 25.3 Å². The Kier molecular flexibility index (Phi) is 3.65. The Labute approximate surface area is 118 Å². The maximum atomic E-state index is 5.53. The van der Waals surface area contributed by atoms with Crippen LogP contribution in [0.1, 0.15) is 11.1 Å². The Hall–Kier alpha value is -1.61. The molecule has 0 aliphatic carbocycles. The summed E-state index contributed by atoms with van der Waals surface area (Å²) in [5.74, 6) is 1.05. The standard InChI is InChI=1S/C16H17NOS/c1-19-16-5-3-2-4-14(16)17-11-12-6-7-15-13(10-12)8-9-18-15/h2-7,10,17H,8-9,11H2,1H3. The van der Waals surface area contributed by atoms with E-state index in [2.05, 4.69) is 54.0 Å². The summed E-state index contributed by atoms with van der Waals surface area (Å²) in [6.07, 6.45) is 3.14. The fourth-order valence-electron chi connectivity index (χ4n) is 2.34. The van der Waals surface area contributed by atoms with Crippen LogP contribution in [0.3, 0.4) is 0 Å². The summed E-state index contributed by atoms with van der Waals surface area (Å²) < 4.78 is 5.53. The summed E-state index contributed by atoms with van der Waals surface area (Å²) in [7, 11) is 0. The Balaban J connectivity index is 1.72. The lowest BCUT2D eigenvalue weighted by Gasteiger charge is -2.11. The molecule has 0 atom stereocenters. The normalized spacial score (nSPS) is 12.9. The molecule has 2 aromatic rings. The summed E-state index contributed by atoms with van der Waals surface area (Å²) >= 11 is 1.77. The van der Waals surface area contributed by atoms with Gasteiger partial charge in [0.15, 0.2) is 0 Å². The van der Waals surface area contributed by atoms with E-state index >= 15 is 0 Å². The third-order valence-electron chi connectivity index (χ3n) is 3.34. The van der Waals surface area contributed by atoms with Crippen LogP contribution in [0.15, 0.2) is 47.4 Å². The topological polar surface area (TPSA) is 21.3 Å². The van der Waals surface area contributed by atoms with Crippen molar-refractivity contribution in [2.24, 2.45) is 0 Å². The lowest BCUT2D eigenvalue weighted by atomic mass is 10.1. The molecule has 0 fully saturated rings. The first kappa shape index (κ1) is 12.4. The lowest BCUT2D eigenvalue weighted by molar-refractivity contribution is 0.357. The van der Waals surface area contributed by atoms with Gasteiger partial charge in [-0.25, -0.2) is 0 Å². The summed E-state index contributed by atoms with van der Waals surface area (Å²) in [4.78, 5) is 1.28. The van der Waals surface area contributed by atoms with Gasteiger partial charge in [-0.1, -0.05) is 24.3 Å². The van der Waals surface area contributed by atoms with Crippen molar-refractivity contribution in [3.8, 4) is 5.75 Å². The summed E-state index contributed by atoms with van der Waals surface area (Å²) in [5, 5.41) is 3.51. The van der Waals surface area contributed by atoms with Crippen LogP contribution in [0.2, 0.25) is 0 Å². The van der Waals surface area contributed by atoms with E-state index in [-0.39, 0.29) is 0 Å². The minimum absolute atomic E-state index is 0.821. The maximum absolute atomic E-state index is 5.53. The molecule has 0 unspecified atom stereocenters. The quantitative estimate of drug-likeness (QED) is 0.851. The second-order valence-electron chi connectivity index (χ2n) is 4.59. The number of para-hydroxylation sites is 1. The van der Waals surface area contributed by atoms with Crippen molar-refractivity contribution in [2.75, 3.05) is 18.2 Å². The average Bonchev–Trinajstić information content (AvgIpc) is 2.93. The van der Waals surface area contributed by atoms with Crippen molar-refractivity contribution in [1.29, 1.82) is 0 Å². The number of rotatable bonds is 4. The molecule has 2 aromatic carbocycles. The van der Waals surface area contributed by atoms with E-state index in [1.165, 1.54) is 21.7 Å². The van der Waals surface area contributed by atoms with Gasteiger partial charge in [-0.15, -0.1) is 11.8 Å². The van der Waals surface area contributed by atoms with E-state index in [1.54, 1.807) is 11.8 Å². The van der Waals surface area contributed by atoms with Crippen molar-refractivity contribution in [3.63, 3.8) is 0 Å². The Bertz CT molecular complexity index is 583. The smallest absolute Gasteiger partial charge is 0.122 e. The van der Waals surface area contributed by atoms with E-state index in [0.29, 0.717) is 0 Å². The highest BCUT2D eigenvalue weighted by Gasteiger charge is 2.11. The van der Waals surface area contributed by atoms with Gasteiger partial charge in [0.25, 0.3) is 0 Å². The zero-order valence-corrected chi connectivity index (χ0v) is 11.8. The van der Waals surface area contributed by atoms with E-state index in [9.17, 15) is 0 Å². The first-order chi connectivity index (χ1) is 9.36. The number of fused-ring (bicyclic) bond motifs is 1. The molecule has 2 nitrogen and oxygen atoms in total. The molecule has 3 rings (SSSR count). The molecule has 19 heavy (non-hydrogen) atoms. The Morgan fingerprint density at radius 2 is 2.11 bits per heavy atom. The molecule has 1 heterocycles. The fraction of sp³-hybridized carbons (Fsp3) is 0.250. The molecule has 1 aliphatic heterocycles. The first-order valence-electron chi connectivity index (χ1n) is 6.48. The lowest BCUT2D eigenvalue weighted by Crippen LogP contribution is -2.00. The molecule has 0 aromatic heterocycles. The number of ether oxygens (including phenoxy) is 1. The molecule has 0 bridgehead atoms. The molecule has 0 saturated carbocycles. The number of hydrogen-bond acceptors (Lipinski definition) is 3. The molecule has 0 spiro atoms. The zero-order valence-electron chi connectivity index (χ0n) is 11.0. The van der Waals surface area contributed by atoms with Crippen LogP contribution < -0.4 is 10.1 Å². The minimum atomic E-state index is 0.821. The van der Waals surface area contributed by atoms with E-state index in [1.807, 2.05) is 0 Å². The Morgan fingerprint density at radius 3 is 3.00 bits per heavy atom. The molecule has 98 valence electrons. The molecule has 1 N–H and O–H groups in total. The number of benzene rings is 2. The van der Waals surface area contributed by atoms with Crippen LogP contribution in [-0.2, 0) is 13.0 Å². The summed E-state index contributed by atoms with van der Waals surface area (Å²) in [5.41, 5.74) is 3.84. The van der Waals surface area contributed by atoms with Gasteiger partial charge in [0.1, 0.15) is 5.75 Å². The van der Waals surface area contributed by atoms with Gasteiger partial charge in [0.05, 0.1) is 6.61 Å². The van der Waals surface area contributed by atoms with Gasteiger partial charge in [-0.05, 0) is 35.6 Å². The number of thioether (sulfide) groups is 1. The predicted octanol–water partition coefficient (Wildman–Crippen LogP) is 3.96. The highest BCUT2D eigenvalue weighted by molar-refractivity contribution is 7.98. The van der Waals surface area contributed by atoms with Gasteiger partial charge in [0, 0.05) is 23.5 Å². The number of anilines is 1. The molecule has 1 aliphatic rings. The second kappa shape index (κ2) is 5.57. The van der Waals surface area contributed by atoms with Crippen molar-refractivity contribution < 1.29 is 4.74 Å². The van der Waals surface area contributed by atoms with Crippen LogP contribution in [0, 0.1) is 0 Å². The highest BCUT2D eigenvalue weighted by atomic mass is 32.2.